The summed E-state index contributed by atoms with van der Waals surface area (Å²) in [5.74, 6) is 0.237. The van der Waals surface area contributed by atoms with Crippen LogP contribution in [-0.4, -0.2) is 49.8 Å². The predicted octanol–water partition coefficient (Wildman–Crippen LogP) is 2.30. The normalized spacial score (nSPS) is 19.2. The van der Waals surface area contributed by atoms with Gasteiger partial charge in [0.25, 0.3) is 0 Å². The molecule has 1 heterocycles. The Bertz CT molecular complexity index is 496. The third-order valence-electron chi connectivity index (χ3n) is 3.42. The van der Waals surface area contributed by atoms with Gasteiger partial charge in [-0.2, -0.15) is 0 Å². The Morgan fingerprint density at radius 1 is 1.50 bits per heavy atom. The zero-order valence-corrected chi connectivity index (χ0v) is 13.1. The number of hydrogen-bond donors (Lipinski definition) is 2. The highest BCUT2D eigenvalue weighted by atomic mass is 19.1. The molecule has 0 aliphatic carbocycles. The van der Waals surface area contributed by atoms with Gasteiger partial charge >= 0.3 is 6.03 Å². The van der Waals surface area contributed by atoms with E-state index in [-0.39, 0.29) is 18.0 Å². The number of rotatable bonds is 5. The third kappa shape index (κ3) is 5.61. The topological polar surface area (TPSA) is 53.6 Å². The van der Waals surface area contributed by atoms with E-state index in [1.807, 2.05) is 0 Å². The minimum Gasteiger partial charge on any atom is -0.374 e. The van der Waals surface area contributed by atoms with Crippen molar-refractivity contribution in [3.63, 3.8) is 0 Å². The van der Waals surface area contributed by atoms with Crippen LogP contribution in [0.2, 0.25) is 0 Å². The van der Waals surface area contributed by atoms with Crippen LogP contribution in [0.5, 0.6) is 0 Å². The second-order valence-corrected chi connectivity index (χ2v) is 5.99. The van der Waals surface area contributed by atoms with Gasteiger partial charge < -0.3 is 15.4 Å². The standard InChI is InChI=1S/C16H24FN3O2/c1-12(2)10-20-6-7-22-15(11-20)9-18-16(21)19-14-5-3-4-13(17)8-14/h3-5,8,12,15H,6-7,9-11H2,1-2H3,(H2,18,19,21). The number of morpholine rings is 1. The molecule has 0 spiro atoms. The van der Waals surface area contributed by atoms with E-state index in [2.05, 4.69) is 29.4 Å². The van der Waals surface area contributed by atoms with E-state index in [9.17, 15) is 9.18 Å². The molecule has 2 amide bonds. The fraction of sp³-hybridized carbons (Fsp3) is 0.562. The van der Waals surface area contributed by atoms with Crippen molar-refractivity contribution in [2.45, 2.75) is 20.0 Å². The second-order valence-electron chi connectivity index (χ2n) is 5.99. The Hall–Kier alpha value is -1.66. The molecule has 1 fully saturated rings. The van der Waals surface area contributed by atoms with Crippen LogP contribution < -0.4 is 10.6 Å². The van der Waals surface area contributed by atoms with Gasteiger partial charge in [-0.05, 0) is 24.1 Å². The smallest absolute Gasteiger partial charge is 0.319 e. The summed E-state index contributed by atoms with van der Waals surface area (Å²) in [7, 11) is 0. The number of hydrogen-bond acceptors (Lipinski definition) is 3. The summed E-state index contributed by atoms with van der Waals surface area (Å²) in [5, 5.41) is 5.38. The van der Waals surface area contributed by atoms with Crippen molar-refractivity contribution in [3.8, 4) is 0 Å². The average Bonchev–Trinajstić information content (AvgIpc) is 2.45. The lowest BCUT2D eigenvalue weighted by molar-refractivity contribution is -0.0288. The lowest BCUT2D eigenvalue weighted by atomic mass is 10.2. The second kappa shape index (κ2) is 8.10. The molecule has 1 unspecified atom stereocenters. The molecule has 0 aromatic heterocycles. The summed E-state index contributed by atoms with van der Waals surface area (Å²) in [6.45, 7) is 8.29. The van der Waals surface area contributed by atoms with Crippen molar-refractivity contribution in [1.82, 2.24) is 10.2 Å². The van der Waals surface area contributed by atoms with E-state index in [0.29, 0.717) is 24.8 Å². The maximum atomic E-state index is 13.0. The summed E-state index contributed by atoms with van der Waals surface area (Å²) in [5.41, 5.74) is 0.434. The van der Waals surface area contributed by atoms with E-state index >= 15 is 0 Å². The summed E-state index contributed by atoms with van der Waals surface area (Å²) in [6.07, 6.45) is -0.00856. The van der Waals surface area contributed by atoms with Gasteiger partial charge in [0, 0.05) is 31.9 Å². The molecule has 122 valence electrons. The Balaban J connectivity index is 1.73. The minimum absolute atomic E-state index is 0.00856. The van der Waals surface area contributed by atoms with Gasteiger partial charge in [0.05, 0.1) is 12.7 Å². The zero-order valence-electron chi connectivity index (χ0n) is 13.1. The molecule has 22 heavy (non-hydrogen) atoms. The van der Waals surface area contributed by atoms with E-state index in [4.69, 9.17) is 4.74 Å². The molecule has 0 radical (unpaired) electrons. The van der Waals surface area contributed by atoms with E-state index < -0.39 is 0 Å². The first-order chi connectivity index (χ1) is 10.5. The Kier molecular flexibility index (Phi) is 6.15. The first-order valence-corrected chi connectivity index (χ1v) is 7.67. The summed E-state index contributed by atoms with van der Waals surface area (Å²) in [4.78, 5) is 14.2. The third-order valence-corrected chi connectivity index (χ3v) is 3.42. The molecular weight excluding hydrogens is 285 g/mol. The molecule has 1 aliphatic rings. The SMILES string of the molecule is CC(C)CN1CCOC(CNC(=O)Nc2cccc(F)c2)C1. The fourth-order valence-corrected chi connectivity index (χ4v) is 2.53. The van der Waals surface area contributed by atoms with Gasteiger partial charge in [-0.15, -0.1) is 0 Å². The number of amides is 2. The Morgan fingerprint density at radius 3 is 3.05 bits per heavy atom. The largest absolute Gasteiger partial charge is 0.374 e. The number of urea groups is 1. The van der Waals surface area contributed by atoms with Crippen LogP contribution in [0.15, 0.2) is 24.3 Å². The molecule has 5 nitrogen and oxygen atoms in total. The number of carbonyl (C=O) groups is 1. The first kappa shape index (κ1) is 16.7. The Morgan fingerprint density at radius 2 is 2.32 bits per heavy atom. The van der Waals surface area contributed by atoms with Crippen molar-refractivity contribution in [2.75, 3.05) is 38.1 Å². The van der Waals surface area contributed by atoms with Crippen LogP contribution in [0.1, 0.15) is 13.8 Å². The summed E-state index contributed by atoms with van der Waals surface area (Å²) >= 11 is 0. The molecule has 1 atom stereocenters. The predicted molar refractivity (Wildman–Crippen MR) is 84.4 cm³/mol. The number of benzene rings is 1. The number of ether oxygens (including phenoxy) is 1. The van der Waals surface area contributed by atoms with E-state index in [0.717, 1.165) is 19.6 Å². The lowest BCUT2D eigenvalue weighted by Crippen LogP contribution is -2.48. The van der Waals surface area contributed by atoms with Gasteiger partial charge in [0.15, 0.2) is 0 Å². The first-order valence-electron chi connectivity index (χ1n) is 7.67. The van der Waals surface area contributed by atoms with Crippen LogP contribution in [0.25, 0.3) is 0 Å². The highest BCUT2D eigenvalue weighted by molar-refractivity contribution is 5.89. The minimum atomic E-state index is -0.377. The maximum Gasteiger partial charge on any atom is 0.319 e. The molecule has 2 N–H and O–H groups in total. The van der Waals surface area contributed by atoms with Gasteiger partial charge in [0.1, 0.15) is 5.82 Å². The van der Waals surface area contributed by atoms with E-state index in [1.54, 1.807) is 12.1 Å². The van der Waals surface area contributed by atoms with Crippen molar-refractivity contribution in [1.29, 1.82) is 0 Å². The van der Waals surface area contributed by atoms with Crippen LogP contribution in [0.3, 0.4) is 0 Å². The van der Waals surface area contributed by atoms with Crippen LogP contribution in [0.4, 0.5) is 14.9 Å². The zero-order chi connectivity index (χ0) is 15.9. The molecule has 0 saturated carbocycles. The fourth-order valence-electron chi connectivity index (χ4n) is 2.53. The molecule has 2 rings (SSSR count). The van der Waals surface area contributed by atoms with E-state index in [1.165, 1.54) is 12.1 Å². The highest BCUT2D eigenvalue weighted by Gasteiger charge is 2.21. The molecule has 0 bridgehead atoms. The van der Waals surface area contributed by atoms with Gasteiger partial charge in [-0.3, -0.25) is 4.90 Å². The lowest BCUT2D eigenvalue weighted by Gasteiger charge is -2.33. The van der Waals surface area contributed by atoms with Gasteiger partial charge in [-0.25, -0.2) is 9.18 Å². The summed E-state index contributed by atoms with van der Waals surface area (Å²) < 4.78 is 18.7. The van der Waals surface area contributed by atoms with Gasteiger partial charge in [-0.1, -0.05) is 19.9 Å². The van der Waals surface area contributed by atoms with Crippen LogP contribution >= 0.6 is 0 Å². The van der Waals surface area contributed by atoms with Crippen LogP contribution in [0, 0.1) is 11.7 Å². The van der Waals surface area contributed by atoms with Gasteiger partial charge in [0.2, 0.25) is 0 Å². The molecular formula is C16H24FN3O2. The van der Waals surface area contributed by atoms with Crippen molar-refractivity contribution in [3.05, 3.63) is 30.1 Å². The number of nitrogens with one attached hydrogen (secondary N) is 2. The van der Waals surface area contributed by atoms with Crippen LogP contribution in [-0.2, 0) is 4.74 Å². The number of carbonyl (C=O) groups excluding carboxylic acids is 1. The quantitative estimate of drug-likeness (QED) is 0.877. The average molecular weight is 309 g/mol. The van der Waals surface area contributed by atoms with Crippen molar-refractivity contribution >= 4 is 11.7 Å². The summed E-state index contributed by atoms with van der Waals surface area (Å²) in [6, 6.07) is 5.46. The molecule has 1 aromatic carbocycles. The molecule has 1 aliphatic heterocycles. The Labute approximate surface area is 130 Å². The molecule has 6 heteroatoms. The van der Waals surface area contributed by atoms with Crippen molar-refractivity contribution < 1.29 is 13.9 Å². The maximum absolute atomic E-state index is 13.0. The number of nitrogens with zero attached hydrogens (tertiary/aromatic N) is 1. The highest BCUT2D eigenvalue weighted by Crippen LogP contribution is 2.09. The molecule has 1 saturated heterocycles. The van der Waals surface area contributed by atoms with Crippen molar-refractivity contribution in [2.24, 2.45) is 5.92 Å². The molecule has 1 aromatic rings. The number of anilines is 1. The number of halogens is 1. The monoisotopic (exact) mass is 309 g/mol.